The summed E-state index contributed by atoms with van der Waals surface area (Å²) in [5, 5.41) is 8.75. The van der Waals surface area contributed by atoms with E-state index in [9.17, 15) is 19.2 Å². The van der Waals surface area contributed by atoms with Gasteiger partial charge in [0.1, 0.15) is 0 Å². The molecule has 0 fully saturated rings. The molecule has 0 atom stereocenters. The van der Waals surface area contributed by atoms with Crippen LogP contribution in [0.25, 0.3) is 5.69 Å². The third-order valence-electron chi connectivity index (χ3n) is 4.25. The first kappa shape index (κ1) is 15.8. The van der Waals surface area contributed by atoms with Crippen molar-refractivity contribution in [2.45, 2.75) is 13.0 Å². The molecule has 4 rings (SSSR count). The largest absolute Gasteiger partial charge is 0.349 e. The van der Waals surface area contributed by atoms with E-state index < -0.39 is 11.4 Å². The van der Waals surface area contributed by atoms with E-state index in [1.165, 1.54) is 6.07 Å². The molecule has 132 valence electrons. The lowest BCUT2D eigenvalue weighted by atomic mass is 10.1. The van der Waals surface area contributed by atoms with E-state index in [4.69, 9.17) is 0 Å². The van der Waals surface area contributed by atoms with E-state index in [-0.39, 0.29) is 11.5 Å². The Balaban J connectivity index is 1.57. The van der Waals surface area contributed by atoms with Crippen LogP contribution in [-0.4, -0.2) is 42.3 Å². The van der Waals surface area contributed by atoms with Crippen LogP contribution in [0.2, 0.25) is 0 Å². The Bertz CT molecular complexity index is 1150. The summed E-state index contributed by atoms with van der Waals surface area (Å²) in [7, 11) is 0. The molecule has 26 heavy (non-hydrogen) atoms. The van der Waals surface area contributed by atoms with Crippen LogP contribution >= 0.6 is 0 Å². The fourth-order valence-electron chi connectivity index (χ4n) is 2.97. The third-order valence-corrected chi connectivity index (χ3v) is 4.25. The lowest BCUT2D eigenvalue weighted by Gasteiger charge is -2.27. The summed E-state index contributed by atoms with van der Waals surface area (Å²) in [6.07, 6.45) is 0.565. The van der Waals surface area contributed by atoms with Crippen LogP contribution in [-0.2, 0) is 13.0 Å². The molecule has 0 unspecified atom stereocenters. The van der Waals surface area contributed by atoms with Crippen molar-refractivity contribution in [1.82, 2.24) is 29.9 Å². The van der Waals surface area contributed by atoms with E-state index >= 15 is 0 Å². The maximum Gasteiger partial charge on any atom is 0.349 e. The van der Waals surface area contributed by atoms with Gasteiger partial charge in [-0.25, -0.2) is 24.5 Å². The van der Waals surface area contributed by atoms with Crippen LogP contribution in [0.5, 0.6) is 0 Å². The Morgan fingerprint density at radius 2 is 1.88 bits per heavy atom. The van der Waals surface area contributed by atoms with E-state index in [0.717, 1.165) is 15.9 Å². The number of H-pyrrole nitrogens is 3. The normalized spacial score (nSPS) is 13.5. The number of aromatic nitrogens is 5. The zero-order valence-electron chi connectivity index (χ0n) is 13.5. The van der Waals surface area contributed by atoms with Gasteiger partial charge in [0.15, 0.2) is 0 Å². The second kappa shape index (κ2) is 5.99. The molecule has 10 heteroatoms. The molecule has 0 radical (unpaired) electrons. The molecule has 2 aromatic heterocycles. The highest BCUT2D eigenvalue weighted by Crippen LogP contribution is 2.18. The lowest BCUT2D eigenvalue weighted by Crippen LogP contribution is -2.37. The third kappa shape index (κ3) is 2.77. The van der Waals surface area contributed by atoms with Gasteiger partial charge < -0.3 is 4.90 Å². The monoisotopic (exact) mass is 354 g/mol. The van der Waals surface area contributed by atoms with Crippen LogP contribution in [0.1, 0.15) is 21.6 Å². The Morgan fingerprint density at radius 3 is 2.58 bits per heavy atom. The van der Waals surface area contributed by atoms with Gasteiger partial charge in [-0.2, -0.15) is 5.10 Å². The van der Waals surface area contributed by atoms with Crippen molar-refractivity contribution in [1.29, 1.82) is 0 Å². The average Bonchev–Trinajstić information content (AvgIpc) is 2.99. The predicted octanol–water partition coefficient (Wildman–Crippen LogP) is -0.864. The standard InChI is InChI=1S/C16H14N6O4/c23-13-7-10-8-21(6-5-12(10)18-19-13)14(24)9-1-3-11(4-2-9)22-16(26)17-15(25)20-22/h1-4,7H,5-6,8H2,(H,19,23)(H2,17,20,25,26). The number of aromatic amines is 3. The number of hydrogen-bond donors (Lipinski definition) is 3. The summed E-state index contributed by atoms with van der Waals surface area (Å²) in [5.41, 5.74) is 0.922. The van der Waals surface area contributed by atoms with Crippen molar-refractivity contribution in [2.24, 2.45) is 0 Å². The van der Waals surface area contributed by atoms with Crippen LogP contribution in [0.15, 0.2) is 44.7 Å². The molecule has 0 spiro atoms. The molecule has 0 bridgehead atoms. The van der Waals surface area contributed by atoms with Crippen molar-refractivity contribution >= 4 is 5.91 Å². The average molecular weight is 354 g/mol. The van der Waals surface area contributed by atoms with E-state index in [2.05, 4.69) is 20.3 Å². The van der Waals surface area contributed by atoms with Crippen molar-refractivity contribution in [3.8, 4) is 5.69 Å². The molecule has 0 saturated carbocycles. The summed E-state index contributed by atoms with van der Waals surface area (Å²) < 4.78 is 1.06. The highest BCUT2D eigenvalue weighted by atomic mass is 16.2. The number of nitrogens with one attached hydrogen (secondary N) is 3. The minimum atomic E-state index is -0.606. The number of hydrogen-bond acceptors (Lipinski definition) is 5. The van der Waals surface area contributed by atoms with E-state index in [1.54, 1.807) is 29.2 Å². The quantitative estimate of drug-likeness (QED) is 0.550. The molecule has 0 saturated heterocycles. The van der Waals surface area contributed by atoms with Gasteiger partial charge in [-0.15, -0.1) is 0 Å². The van der Waals surface area contributed by atoms with Crippen LogP contribution < -0.4 is 16.9 Å². The Hall–Kier alpha value is -3.69. The molecule has 1 aromatic carbocycles. The zero-order valence-corrected chi connectivity index (χ0v) is 13.5. The molecule has 3 heterocycles. The first-order chi connectivity index (χ1) is 12.5. The molecule has 3 N–H and O–H groups in total. The SMILES string of the molecule is O=C(c1ccc(-n2[nH]c(=O)[nH]c2=O)cc1)N1CCc2n[nH]c(=O)cc2C1. The second-order valence-electron chi connectivity index (χ2n) is 5.93. The lowest BCUT2D eigenvalue weighted by molar-refractivity contribution is 0.0733. The zero-order chi connectivity index (χ0) is 18.3. The number of nitrogens with zero attached hydrogens (tertiary/aromatic N) is 3. The molecule has 1 aliphatic heterocycles. The van der Waals surface area contributed by atoms with Crippen LogP contribution in [0, 0.1) is 0 Å². The fraction of sp³-hybridized carbons (Fsp3) is 0.188. The molecular formula is C16H14N6O4. The number of carbonyl (C=O) groups is 1. The van der Waals surface area contributed by atoms with Gasteiger partial charge in [-0.3, -0.25) is 14.6 Å². The maximum absolute atomic E-state index is 12.7. The summed E-state index contributed by atoms with van der Waals surface area (Å²) in [6.45, 7) is 0.814. The van der Waals surface area contributed by atoms with Gasteiger partial charge in [0, 0.05) is 36.7 Å². The molecule has 0 aliphatic carbocycles. The topological polar surface area (TPSA) is 137 Å². The van der Waals surface area contributed by atoms with Gasteiger partial charge >= 0.3 is 11.4 Å². The minimum absolute atomic E-state index is 0.183. The highest BCUT2D eigenvalue weighted by molar-refractivity contribution is 5.94. The summed E-state index contributed by atoms with van der Waals surface area (Å²) >= 11 is 0. The minimum Gasteiger partial charge on any atom is -0.334 e. The molecule has 10 nitrogen and oxygen atoms in total. The van der Waals surface area contributed by atoms with Crippen LogP contribution in [0.4, 0.5) is 0 Å². The van der Waals surface area contributed by atoms with Gasteiger partial charge in [-0.05, 0) is 24.3 Å². The first-order valence-corrected chi connectivity index (χ1v) is 7.90. The number of carbonyl (C=O) groups excluding carboxylic acids is 1. The van der Waals surface area contributed by atoms with Gasteiger partial charge in [-0.1, -0.05) is 0 Å². The number of fused-ring (bicyclic) bond motifs is 1. The predicted molar refractivity (Wildman–Crippen MR) is 90.3 cm³/mol. The first-order valence-electron chi connectivity index (χ1n) is 7.90. The Morgan fingerprint density at radius 1 is 1.12 bits per heavy atom. The number of benzene rings is 1. The van der Waals surface area contributed by atoms with Gasteiger partial charge in [0.25, 0.3) is 11.5 Å². The summed E-state index contributed by atoms with van der Waals surface area (Å²) in [5.74, 6) is -0.183. The molecular weight excluding hydrogens is 340 g/mol. The van der Waals surface area contributed by atoms with Crippen molar-refractivity contribution < 1.29 is 4.79 Å². The van der Waals surface area contributed by atoms with E-state index in [1.807, 2.05) is 0 Å². The van der Waals surface area contributed by atoms with Crippen molar-refractivity contribution in [3.63, 3.8) is 0 Å². The highest BCUT2D eigenvalue weighted by Gasteiger charge is 2.23. The smallest absolute Gasteiger partial charge is 0.334 e. The summed E-state index contributed by atoms with van der Waals surface area (Å²) in [6, 6.07) is 7.77. The van der Waals surface area contributed by atoms with Gasteiger partial charge in [0.2, 0.25) is 0 Å². The van der Waals surface area contributed by atoms with Crippen molar-refractivity contribution in [2.75, 3.05) is 6.54 Å². The molecule has 1 amide bonds. The second-order valence-corrected chi connectivity index (χ2v) is 5.93. The van der Waals surface area contributed by atoms with Gasteiger partial charge in [0.05, 0.1) is 11.4 Å². The number of amides is 1. The summed E-state index contributed by atoms with van der Waals surface area (Å²) in [4.78, 5) is 50.6. The fourth-order valence-corrected chi connectivity index (χ4v) is 2.97. The van der Waals surface area contributed by atoms with E-state index in [0.29, 0.717) is 30.8 Å². The van der Waals surface area contributed by atoms with Crippen LogP contribution in [0.3, 0.4) is 0 Å². The maximum atomic E-state index is 12.7. The Kier molecular flexibility index (Phi) is 3.64. The molecule has 1 aliphatic rings. The molecule has 3 aromatic rings. The Labute approximate surface area is 145 Å². The van der Waals surface area contributed by atoms with Crippen molar-refractivity contribution in [3.05, 3.63) is 78.5 Å². The number of rotatable bonds is 2.